The zero-order valence-electron chi connectivity index (χ0n) is 16.6. The lowest BCUT2D eigenvalue weighted by molar-refractivity contribution is 0.0312. The van der Waals surface area contributed by atoms with Crippen LogP contribution in [0.25, 0.3) is 0 Å². The summed E-state index contributed by atoms with van der Waals surface area (Å²) in [6, 6.07) is 10.5. The van der Waals surface area contributed by atoms with E-state index in [0.717, 1.165) is 24.8 Å². The Bertz CT molecular complexity index is 590. The van der Waals surface area contributed by atoms with Gasteiger partial charge in [-0.2, -0.15) is 0 Å². The van der Waals surface area contributed by atoms with Gasteiger partial charge in [-0.15, -0.1) is 5.73 Å². The highest BCUT2D eigenvalue weighted by Gasteiger charge is 2.20. The maximum Gasteiger partial charge on any atom is 0.410 e. The summed E-state index contributed by atoms with van der Waals surface area (Å²) in [5.74, 6) is 0.441. The average Bonchev–Trinajstić information content (AvgIpc) is 2.51. The van der Waals surface area contributed by atoms with Crippen LogP contribution in [0.2, 0.25) is 0 Å². The third-order valence-corrected chi connectivity index (χ3v) is 3.54. The van der Waals surface area contributed by atoms with E-state index in [-0.39, 0.29) is 6.09 Å². The summed E-state index contributed by atoms with van der Waals surface area (Å²) in [6.45, 7) is 10.5. The van der Waals surface area contributed by atoms with E-state index in [1.807, 2.05) is 26.8 Å². The smallest absolute Gasteiger partial charge is 0.410 e. The van der Waals surface area contributed by atoms with Crippen molar-refractivity contribution in [3.05, 3.63) is 53.3 Å². The molecule has 1 amide bonds. The van der Waals surface area contributed by atoms with Crippen LogP contribution in [0, 0.1) is 5.92 Å². The quantitative estimate of drug-likeness (QED) is 0.602. The van der Waals surface area contributed by atoms with Crippen molar-refractivity contribution in [2.24, 2.45) is 5.92 Å². The molecule has 1 rings (SSSR count). The fraction of sp³-hybridized carbons (Fsp3) is 0.545. The molecule has 0 unspecified atom stereocenters. The minimum Gasteiger partial charge on any atom is -0.444 e. The Morgan fingerprint density at radius 3 is 2.44 bits per heavy atom. The van der Waals surface area contributed by atoms with Gasteiger partial charge >= 0.3 is 6.09 Å². The van der Waals surface area contributed by atoms with Gasteiger partial charge in [0.1, 0.15) is 5.60 Å². The summed E-state index contributed by atoms with van der Waals surface area (Å²) < 4.78 is 5.44. The molecule has 0 spiro atoms. The third kappa shape index (κ3) is 9.79. The molecule has 0 aliphatic heterocycles. The van der Waals surface area contributed by atoms with Gasteiger partial charge in [0, 0.05) is 7.05 Å². The molecule has 1 aromatic carbocycles. The molecule has 0 aromatic heterocycles. The average molecular weight is 344 g/mol. The minimum atomic E-state index is -0.476. The zero-order chi connectivity index (χ0) is 18.9. The van der Waals surface area contributed by atoms with Crippen LogP contribution in [-0.2, 0) is 11.2 Å². The highest BCUT2D eigenvalue weighted by molar-refractivity contribution is 5.68. The van der Waals surface area contributed by atoms with Crippen LogP contribution in [0.15, 0.2) is 47.7 Å². The number of nitrogens with zero attached hydrogens (tertiary/aromatic N) is 1. The van der Waals surface area contributed by atoms with Crippen LogP contribution < -0.4 is 0 Å². The molecule has 25 heavy (non-hydrogen) atoms. The van der Waals surface area contributed by atoms with Gasteiger partial charge in [0.25, 0.3) is 0 Å². The molecule has 138 valence electrons. The lowest BCUT2D eigenvalue weighted by Gasteiger charge is -2.25. The molecule has 3 nitrogen and oxygen atoms in total. The number of hydrogen-bond donors (Lipinski definition) is 0. The number of carbonyl (C=O) groups excluding carboxylic acids is 1. The number of aryl methyl sites for hydroxylation is 1. The van der Waals surface area contributed by atoms with Crippen molar-refractivity contribution in [3.63, 3.8) is 0 Å². The van der Waals surface area contributed by atoms with Crippen molar-refractivity contribution in [2.75, 3.05) is 13.6 Å². The molecule has 1 aromatic rings. The topological polar surface area (TPSA) is 29.5 Å². The monoisotopic (exact) mass is 343 g/mol. The molecule has 0 aliphatic carbocycles. The van der Waals surface area contributed by atoms with Gasteiger partial charge in [0.15, 0.2) is 0 Å². The maximum atomic E-state index is 12.2. The molecule has 3 heteroatoms. The van der Waals surface area contributed by atoms with Gasteiger partial charge < -0.3 is 9.64 Å². The minimum absolute atomic E-state index is 0.292. The standard InChI is InChI=1S/C22H33NO2/c1-18(2)15-16-20(14-10-13-19-11-8-7-9-12-19)17-23(6)21(24)25-22(3,4)5/h7-9,11-12,15,18H,10,13-14,17H2,1-6H3. The molecule has 0 saturated heterocycles. The van der Waals surface area contributed by atoms with Crippen LogP contribution in [0.1, 0.15) is 53.0 Å². The predicted octanol–water partition coefficient (Wildman–Crippen LogP) is 5.61. The number of amides is 1. The second kappa shape index (κ2) is 10.1. The third-order valence-electron chi connectivity index (χ3n) is 3.54. The van der Waals surface area contributed by atoms with Crippen LogP contribution in [0.5, 0.6) is 0 Å². The summed E-state index contributed by atoms with van der Waals surface area (Å²) in [6.07, 6.45) is 4.77. The van der Waals surface area contributed by atoms with E-state index in [9.17, 15) is 4.79 Å². The fourth-order valence-corrected chi connectivity index (χ4v) is 2.32. The first-order chi connectivity index (χ1) is 11.7. The molecule has 0 radical (unpaired) electrons. The number of rotatable bonds is 7. The normalized spacial score (nSPS) is 11.0. The molecule has 0 aliphatic rings. The van der Waals surface area contributed by atoms with Crippen molar-refractivity contribution in [3.8, 4) is 0 Å². The Morgan fingerprint density at radius 1 is 1.24 bits per heavy atom. The molecular formula is C22H33NO2. The van der Waals surface area contributed by atoms with Gasteiger partial charge in [-0.05, 0) is 63.2 Å². The van der Waals surface area contributed by atoms with Gasteiger partial charge in [-0.25, -0.2) is 4.79 Å². The molecule has 0 N–H and O–H groups in total. The fourth-order valence-electron chi connectivity index (χ4n) is 2.32. The highest BCUT2D eigenvalue weighted by Crippen LogP contribution is 2.14. The zero-order valence-corrected chi connectivity index (χ0v) is 16.6. The number of benzene rings is 1. The van der Waals surface area contributed by atoms with E-state index in [2.05, 4.69) is 49.9 Å². The summed E-state index contributed by atoms with van der Waals surface area (Å²) in [5.41, 5.74) is 5.40. The Hall–Kier alpha value is -1.99. The number of hydrogen-bond acceptors (Lipinski definition) is 2. The number of ether oxygens (including phenoxy) is 1. The Labute approximate surface area is 153 Å². The Morgan fingerprint density at radius 2 is 1.88 bits per heavy atom. The molecule has 0 bridgehead atoms. The Kier molecular flexibility index (Phi) is 8.51. The molecule has 0 fully saturated rings. The highest BCUT2D eigenvalue weighted by atomic mass is 16.6. The van der Waals surface area contributed by atoms with Crippen molar-refractivity contribution in [1.29, 1.82) is 0 Å². The Balaban J connectivity index is 2.67. The SMILES string of the molecule is CC(C)C=C=C(CCCc1ccccc1)CN(C)C(=O)OC(C)(C)C. The van der Waals surface area contributed by atoms with Crippen LogP contribution in [0.4, 0.5) is 4.79 Å². The van der Waals surface area contributed by atoms with Crippen LogP contribution in [-0.4, -0.2) is 30.2 Å². The summed E-state index contributed by atoms with van der Waals surface area (Å²) >= 11 is 0. The predicted molar refractivity (Wildman–Crippen MR) is 105 cm³/mol. The van der Waals surface area contributed by atoms with Crippen molar-refractivity contribution >= 4 is 6.09 Å². The van der Waals surface area contributed by atoms with Crippen molar-refractivity contribution in [2.45, 2.75) is 59.5 Å². The summed E-state index contributed by atoms with van der Waals surface area (Å²) in [5, 5.41) is 0. The molecular weight excluding hydrogens is 310 g/mol. The van der Waals surface area contributed by atoms with E-state index < -0.39 is 5.60 Å². The first-order valence-electron chi connectivity index (χ1n) is 9.10. The second-order valence-corrected chi connectivity index (χ2v) is 7.83. The largest absolute Gasteiger partial charge is 0.444 e. The summed E-state index contributed by atoms with van der Waals surface area (Å²) in [7, 11) is 1.78. The van der Waals surface area contributed by atoms with E-state index in [0.29, 0.717) is 12.5 Å². The molecule has 0 saturated carbocycles. The number of carbonyl (C=O) groups is 1. The first kappa shape index (κ1) is 21.1. The second-order valence-electron chi connectivity index (χ2n) is 7.83. The van der Waals surface area contributed by atoms with Crippen LogP contribution in [0.3, 0.4) is 0 Å². The van der Waals surface area contributed by atoms with Gasteiger partial charge in [-0.1, -0.05) is 44.2 Å². The molecule has 0 atom stereocenters. The van der Waals surface area contributed by atoms with Crippen molar-refractivity contribution < 1.29 is 9.53 Å². The lowest BCUT2D eigenvalue weighted by Crippen LogP contribution is -2.35. The molecule has 0 heterocycles. The summed E-state index contributed by atoms with van der Waals surface area (Å²) in [4.78, 5) is 13.8. The maximum absolute atomic E-state index is 12.2. The first-order valence-corrected chi connectivity index (χ1v) is 9.10. The van der Waals surface area contributed by atoms with Crippen LogP contribution >= 0.6 is 0 Å². The van der Waals surface area contributed by atoms with E-state index in [1.165, 1.54) is 5.56 Å². The van der Waals surface area contributed by atoms with Gasteiger partial charge in [-0.3, -0.25) is 0 Å². The number of likely N-dealkylation sites (N-methyl/N-ethyl adjacent to an activating group) is 1. The van der Waals surface area contributed by atoms with E-state index in [1.54, 1.807) is 11.9 Å². The lowest BCUT2D eigenvalue weighted by atomic mass is 10.0. The van der Waals surface area contributed by atoms with Gasteiger partial charge in [0.2, 0.25) is 0 Å². The van der Waals surface area contributed by atoms with E-state index in [4.69, 9.17) is 4.74 Å². The van der Waals surface area contributed by atoms with Gasteiger partial charge in [0.05, 0.1) is 6.54 Å². The van der Waals surface area contributed by atoms with Crippen molar-refractivity contribution in [1.82, 2.24) is 4.90 Å². The van der Waals surface area contributed by atoms with E-state index >= 15 is 0 Å².